The Kier molecular flexibility index (Phi) is 10.6. The van der Waals surface area contributed by atoms with Crippen molar-refractivity contribution in [2.75, 3.05) is 0 Å². The van der Waals surface area contributed by atoms with Crippen LogP contribution in [0.4, 0.5) is 0 Å². The SMILES string of the molecule is N#Cc1cc(-c2nc(-c3ccccc3)nc(-c3ccccc3)n2)cc(-c2cc(-n3c4ccccc4c4ccccc43)ccn2)c1-n1c2ccccc2c2cc(-c3nc(-c4ccccc4)nc(-c4ccccc4)n3)ccc21. The van der Waals surface area contributed by atoms with Gasteiger partial charge in [-0.05, 0) is 60.7 Å². The van der Waals surface area contributed by atoms with E-state index in [0.29, 0.717) is 63.0 Å². The Balaban J connectivity index is 1.02. The van der Waals surface area contributed by atoms with Crippen LogP contribution in [0.2, 0.25) is 0 Å². The molecular formula is C66H40N10. The van der Waals surface area contributed by atoms with Gasteiger partial charge >= 0.3 is 0 Å². The highest BCUT2D eigenvalue weighted by molar-refractivity contribution is 6.12. The minimum absolute atomic E-state index is 0.406. The topological polar surface area (TPSA) is 124 Å². The number of pyridine rings is 1. The minimum Gasteiger partial charge on any atom is -0.309 e. The first-order valence-corrected chi connectivity index (χ1v) is 24.9. The number of para-hydroxylation sites is 3. The standard InChI is InChI=1S/C66H40N10/c67-41-48-37-47(66-73-63(44-23-9-3-10-24-44)70-64(74-66)45-25-11-4-12-26-45)39-54(55-40-49(35-36-68-55)75-56-30-16-13-27-50(56)51-28-14-17-31-57(51)75)60(48)76-58-32-18-15-29-52(58)53-38-46(33-34-59(53)76)65-71-61(42-19-5-1-6-20-42)69-62(72-65)43-21-7-2-8-22-43/h1-40H. The van der Waals surface area contributed by atoms with Gasteiger partial charge in [-0.3, -0.25) is 4.98 Å². The Labute approximate surface area is 436 Å². The zero-order valence-electron chi connectivity index (χ0n) is 40.6. The van der Waals surface area contributed by atoms with Crippen molar-refractivity contribution < 1.29 is 0 Å². The van der Waals surface area contributed by atoms with Crippen LogP contribution in [-0.4, -0.2) is 44.0 Å². The van der Waals surface area contributed by atoms with Gasteiger partial charge in [0.1, 0.15) is 6.07 Å². The van der Waals surface area contributed by atoms with Crippen LogP contribution in [0.3, 0.4) is 0 Å². The predicted octanol–water partition coefficient (Wildman–Crippen LogP) is 15.2. The number of nitrogens with zero attached hydrogens (tertiary/aromatic N) is 10. The number of rotatable bonds is 9. The fraction of sp³-hybridized carbons (Fsp3) is 0. The van der Waals surface area contributed by atoms with Crippen LogP contribution in [-0.2, 0) is 0 Å². The maximum Gasteiger partial charge on any atom is 0.164 e. The molecule has 0 aliphatic rings. The summed E-state index contributed by atoms with van der Waals surface area (Å²) in [6.45, 7) is 0. The molecule has 354 valence electrons. The first-order valence-electron chi connectivity index (χ1n) is 24.9. The van der Waals surface area contributed by atoms with E-state index in [1.165, 1.54) is 0 Å². The van der Waals surface area contributed by atoms with E-state index in [9.17, 15) is 5.26 Å². The number of aromatic nitrogens is 9. The molecule has 76 heavy (non-hydrogen) atoms. The van der Waals surface area contributed by atoms with E-state index in [0.717, 1.165) is 77.1 Å². The largest absolute Gasteiger partial charge is 0.309 e. The molecule has 0 fully saturated rings. The average Bonchev–Trinajstić information content (AvgIpc) is 4.02. The normalized spacial score (nSPS) is 11.4. The molecule has 5 aromatic heterocycles. The van der Waals surface area contributed by atoms with Crippen LogP contribution in [0.15, 0.2) is 243 Å². The van der Waals surface area contributed by atoms with Gasteiger partial charge in [0.25, 0.3) is 0 Å². The monoisotopic (exact) mass is 972 g/mol. The first-order chi connectivity index (χ1) is 37.6. The summed E-state index contributed by atoms with van der Waals surface area (Å²) in [6.07, 6.45) is 1.85. The third-order valence-corrected chi connectivity index (χ3v) is 13.9. The van der Waals surface area contributed by atoms with E-state index >= 15 is 0 Å². The zero-order chi connectivity index (χ0) is 50.5. The maximum atomic E-state index is 11.6. The predicted molar refractivity (Wildman–Crippen MR) is 302 cm³/mol. The second-order valence-corrected chi connectivity index (χ2v) is 18.5. The summed E-state index contributed by atoms with van der Waals surface area (Å²) in [5.41, 5.74) is 12.2. The van der Waals surface area contributed by atoms with E-state index in [1.807, 2.05) is 152 Å². The highest BCUT2D eigenvalue weighted by Crippen LogP contribution is 2.42. The molecule has 0 radical (unpaired) electrons. The molecule has 14 rings (SSSR count). The molecule has 5 heterocycles. The van der Waals surface area contributed by atoms with Gasteiger partial charge in [-0.15, -0.1) is 0 Å². The van der Waals surface area contributed by atoms with Crippen molar-refractivity contribution in [1.29, 1.82) is 5.26 Å². The lowest BCUT2D eigenvalue weighted by Gasteiger charge is -2.18. The Bertz CT molecular complexity index is 4410. The van der Waals surface area contributed by atoms with Gasteiger partial charge in [-0.2, -0.15) is 5.26 Å². The number of hydrogen-bond acceptors (Lipinski definition) is 8. The molecule has 0 bridgehead atoms. The second kappa shape index (κ2) is 18.4. The summed E-state index contributed by atoms with van der Waals surface area (Å²) in [7, 11) is 0. The van der Waals surface area contributed by atoms with Crippen LogP contribution < -0.4 is 0 Å². The van der Waals surface area contributed by atoms with Gasteiger partial charge in [0.15, 0.2) is 34.9 Å². The van der Waals surface area contributed by atoms with Gasteiger partial charge < -0.3 is 9.13 Å². The number of benzene rings is 9. The van der Waals surface area contributed by atoms with Crippen molar-refractivity contribution in [1.82, 2.24) is 44.0 Å². The summed E-state index contributed by atoms with van der Waals surface area (Å²) >= 11 is 0. The van der Waals surface area contributed by atoms with Crippen molar-refractivity contribution in [3.05, 3.63) is 248 Å². The Morgan fingerprint density at radius 2 is 0.711 bits per heavy atom. The van der Waals surface area contributed by atoms with Crippen LogP contribution in [0.5, 0.6) is 0 Å². The third kappa shape index (κ3) is 7.63. The van der Waals surface area contributed by atoms with E-state index in [2.05, 4.69) is 106 Å². The molecule has 10 heteroatoms. The number of nitriles is 1. The van der Waals surface area contributed by atoms with E-state index < -0.39 is 0 Å². The van der Waals surface area contributed by atoms with E-state index in [4.69, 9.17) is 34.9 Å². The molecule has 0 N–H and O–H groups in total. The summed E-state index contributed by atoms with van der Waals surface area (Å²) < 4.78 is 4.47. The lowest BCUT2D eigenvalue weighted by Crippen LogP contribution is -2.05. The molecule has 0 spiro atoms. The van der Waals surface area contributed by atoms with Crippen LogP contribution in [0.25, 0.3) is 135 Å². The molecule has 9 aromatic carbocycles. The molecule has 0 unspecified atom stereocenters. The van der Waals surface area contributed by atoms with E-state index in [-0.39, 0.29) is 0 Å². The van der Waals surface area contributed by atoms with Crippen LogP contribution in [0, 0.1) is 11.3 Å². The first kappa shape index (κ1) is 44.0. The van der Waals surface area contributed by atoms with Crippen LogP contribution >= 0.6 is 0 Å². The number of hydrogen-bond donors (Lipinski definition) is 0. The molecule has 0 saturated carbocycles. The van der Waals surface area contributed by atoms with Crippen molar-refractivity contribution in [3.63, 3.8) is 0 Å². The van der Waals surface area contributed by atoms with Gasteiger partial charge in [-0.1, -0.05) is 176 Å². The zero-order valence-corrected chi connectivity index (χ0v) is 40.6. The summed E-state index contributed by atoms with van der Waals surface area (Å²) in [6, 6.07) is 82.1. The van der Waals surface area contributed by atoms with Crippen molar-refractivity contribution in [3.8, 4) is 97.0 Å². The molecule has 0 amide bonds. The third-order valence-electron chi connectivity index (χ3n) is 13.9. The fourth-order valence-electron chi connectivity index (χ4n) is 10.4. The van der Waals surface area contributed by atoms with Crippen molar-refractivity contribution in [2.45, 2.75) is 0 Å². The molecule has 10 nitrogen and oxygen atoms in total. The molecule has 14 aromatic rings. The lowest BCUT2D eigenvalue weighted by molar-refractivity contribution is 1.07. The van der Waals surface area contributed by atoms with Gasteiger partial charge in [0.05, 0.1) is 39.0 Å². The average molecular weight is 973 g/mol. The quantitative estimate of drug-likeness (QED) is 0.140. The Hall–Kier alpha value is -10.8. The number of fused-ring (bicyclic) bond motifs is 6. The summed E-state index contributed by atoms with van der Waals surface area (Å²) in [5, 5.41) is 15.8. The molecule has 0 saturated heterocycles. The Morgan fingerprint density at radius 1 is 0.316 bits per heavy atom. The van der Waals surface area contributed by atoms with Crippen molar-refractivity contribution >= 4 is 43.6 Å². The van der Waals surface area contributed by atoms with Crippen molar-refractivity contribution in [2.24, 2.45) is 0 Å². The molecule has 0 atom stereocenters. The summed E-state index contributed by atoms with van der Waals surface area (Å²) in [4.78, 5) is 35.6. The minimum atomic E-state index is 0.406. The molecule has 0 aliphatic carbocycles. The van der Waals surface area contributed by atoms with Crippen LogP contribution in [0.1, 0.15) is 5.56 Å². The second-order valence-electron chi connectivity index (χ2n) is 18.5. The smallest absolute Gasteiger partial charge is 0.164 e. The van der Waals surface area contributed by atoms with Gasteiger partial charge in [-0.25, -0.2) is 29.9 Å². The van der Waals surface area contributed by atoms with E-state index in [1.54, 1.807) is 0 Å². The summed E-state index contributed by atoms with van der Waals surface area (Å²) in [5.74, 6) is 3.16. The molecular weight excluding hydrogens is 933 g/mol. The highest BCUT2D eigenvalue weighted by atomic mass is 15.1. The van der Waals surface area contributed by atoms with Gasteiger partial charge in [0.2, 0.25) is 0 Å². The maximum absolute atomic E-state index is 11.6. The highest BCUT2D eigenvalue weighted by Gasteiger charge is 2.25. The van der Waals surface area contributed by atoms with Gasteiger partial charge in [0, 0.05) is 72.4 Å². The molecule has 0 aliphatic heterocycles. The lowest BCUT2D eigenvalue weighted by atomic mass is 9.98. The fourth-order valence-corrected chi connectivity index (χ4v) is 10.4. The Morgan fingerprint density at radius 3 is 1.18 bits per heavy atom.